The molecule has 0 aliphatic carbocycles. The maximum atomic E-state index is 12.1. The van der Waals surface area contributed by atoms with Gasteiger partial charge in [0.1, 0.15) is 6.61 Å². The minimum absolute atomic E-state index is 0.302. The number of anilines is 1. The average molecular weight is 430 g/mol. The number of carbonyl (C=O) groups is 1. The molecule has 30 heavy (non-hydrogen) atoms. The Bertz CT molecular complexity index is 708. The standard InChI is InChI=1S/C26H39NO2S/c1-3-5-7-8-9-10-11-12-14-24-19-20-25(30-24)27-26(28)29-21-23-17-15-22(16-18-23)13-6-4-2/h15-20H,3-14,21H2,1-2H3,(H,27,28). The van der Waals surface area contributed by atoms with Crippen LogP contribution in [0.15, 0.2) is 36.4 Å². The monoisotopic (exact) mass is 429 g/mol. The predicted octanol–water partition coefficient (Wildman–Crippen LogP) is 8.52. The molecule has 0 saturated carbocycles. The molecular weight excluding hydrogens is 390 g/mol. The normalized spacial score (nSPS) is 10.9. The van der Waals surface area contributed by atoms with Crippen LogP contribution in [0.2, 0.25) is 0 Å². The molecule has 1 aromatic carbocycles. The van der Waals surface area contributed by atoms with Crippen molar-refractivity contribution in [2.75, 3.05) is 5.32 Å². The lowest BCUT2D eigenvalue weighted by Crippen LogP contribution is -2.12. The summed E-state index contributed by atoms with van der Waals surface area (Å²) in [5.74, 6) is 0. The zero-order valence-electron chi connectivity index (χ0n) is 18.9. The number of benzene rings is 1. The van der Waals surface area contributed by atoms with E-state index >= 15 is 0 Å². The first-order chi connectivity index (χ1) is 14.7. The summed E-state index contributed by atoms with van der Waals surface area (Å²) in [5, 5.41) is 3.72. The summed E-state index contributed by atoms with van der Waals surface area (Å²) in [5.41, 5.74) is 2.36. The van der Waals surface area contributed by atoms with Crippen molar-refractivity contribution in [2.24, 2.45) is 0 Å². The van der Waals surface area contributed by atoms with E-state index in [2.05, 4.69) is 37.4 Å². The van der Waals surface area contributed by atoms with Gasteiger partial charge < -0.3 is 4.74 Å². The number of ether oxygens (including phenoxy) is 1. The zero-order valence-corrected chi connectivity index (χ0v) is 19.7. The van der Waals surface area contributed by atoms with E-state index < -0.39 is 0 Å². The van der Waals surface area contributed by atoms with Gasteiger partial charge in [-0.05, 0) is 48.9 Å². The summed E-state index contributed by atoms with van der Waals surface area (Å²) >= 11 is 1.66. The number of thiophene rings is 1. The molecule has 0 spiro atoms. The highest BCUT2D eigenvalue weighted by molar-refractivity contribution is 7.16. The molecule has 166 valence electrons. The zero-order chi connectivity index (χ0) is 21.4. The Morgan fingerprint density at radius 3 is 2.10 bits per heavy atom. The van der Waals surface area contributed by atoms with E-state index in [0.29, 0.717) is 6.61 Å². The fraction of sp³-hybridized carbons (Fsp3) is 0.577. The van der Waals surface area contributed by atoms with E-state index in [1.54, 1.807) is 11.3 Å². The van der Waals surface area contributed by atoms with Gasteiger partial charge in [-0.1, -0.05) is 89.5 Å². The van der Waals surface area contributed by atoms with Gasteiger partial charge >= 0.3 is 6.09 Å². The summed E-state index contributed by atoms with van der Waals surface area (Å²) in [6.07, 6.45) is 14.9. The highest BCUT2D eigenvalue weighted by atomic mass is 32.1. The Morgan fingerprint density at radius 1 is 0.767 bits per heavy atom. The SMILES string of the molecule is CCCCCCCCCCc1ccc(NC(=O)OCc2ccc(CCCC)cc2)s1. The van der Waals surface area contributed by atoms with Crippen molar-refractivity contribution in [3.05, 3.63) is 52.4 Å². The van der Waals surface area contributed by atoms with Crippen LogP contribution < -0.4 is 5.32 Å². The number of aryl methyl sites for hydroxylation is 2. The molecular formula is C26H39NO2S. The molecule has 3 nitrogen and oxygen atoms in total. The molecule has 2 aromatic rings. The van der Waals surface area contributed by atoms with Crippen molar-refractivity contribution < 1.29 is 9.53 Å². The number of unbranched alkanes of at least 4 members (excludes halogenated alkanes) is 8. The molecule has 1 aromatic heterocycles. The summed E-state index contributed by atoms with van der Waals surface area (Å²) in [7, 11) is 0. The molecule has 1 N–H and O–H groups in total. The van der Waals surface area contributed by atoms with Crippen LogP contribution in [-0.2, 0) is 24.2 Å². The number of amides is 1. The van der Waals surface area contributed by atoms with E-state index in [1.807, 2.05) is 18.2 Å². The molecule has 0 bridgehead atoms. The van der Waals surface area contributed by atoms with Crippen LogP contribution in [0.4, 0.5) is 9.80 Å². The van der Waals surface area contributed by atoms with Crippen molar-refractivity contribution in [1.82, 2.24) is 0 Å². The molecule has 0 atom stereocenters. The average Bonchev–Trinajstić information content (AvgIpc) is 3.20. The van der Waals surface area contributed by atoms with Gasteiger partial charge in [0.25, 0.3) is 0 Å². The van der Waals surface area contributed by atoms with Crippen LogP contribution in [0.25, 0.3) is 0 Å². The Morgan fingerprint density at radius 2 is 1.40 bits per heavy atom. The lowest BCUT2D eigenvalue weighted by atomic mass is 10.1. The van der Waals surface area contributed by atoms with E-state index in [-0.39, 0.29) is 6.09 Å². The highest BCUT2D eigenvalue weighted by Gasteiger charge is 2.07. The highest BCUT2D eigenvalue weighted by Crippen LogP contribution is 2.24. The summed E-state index contributed by atoms with van der Waals surface area (Å²) in [6, 6.07) is 12.5. The van der Waals surface area contributed by atoms with Crippen LogP contribution >= 0.6 is 11.3 Å². The molecule has 1 heterocycles. The second-order valence-corrected chi connectivity index (χ2v) is 9.28. The van der Waals surface area contributed by atoms with Crippen LogP contribution in [0.3, 0.4) is 0 Å². The molecule has 0 unspecified atom stereocenters. The quantitative estimate of drug-likeness (QED) is 0.288. The third-order valence-electron chi connectivity index (χ3n) is 5.38. The fourth-order valence-electron chi connectivity index (χ4n) is 3.48. The van der Waals surface area contributed by atoms with Gasteiger partial charge in [-0.15, -0.1) is 11.3 Å². The predicted molar refractivity (Wildman–Crippen MR) is 129 cm³/mol. The third kappa shape index (κ3) is 10.3. The first-order valence-corrected chi connectivity index (χ1v) is 12.6. The van der Waals surface area contributed by atoms with E-state index in [0.717, 1.165) is 23.4 Å². The van der Waals surface area contributed by atoms with Gasteiger partial charge in [0.15, 0.2) is 0 Å². The van der Waals surface area contributed by atoms with Crippen molar-refractivity contribution in [3.8, 4) is 0 Å². The second-order valence-electron chi connectivity index (χ2n) is 8.11. The molecule has 0 aliphatic heterocycles. The smallest absolute Gasteiger partial charge is 0.412 e. The molecule has 2 rings (SSSR count). The van der Waals surface area contributed by atoms with Crippen LogP contribution in [0, 0.1) is 0 Å². The van der Waals surface area contributed by atoms with Crippen LogP contribution in [0.1, 0.15) is 94.1 Å². The van der Waals surface area contributed by atoms with Gasteiger partial charge in [0, 0.05) is 4.88 Å². The van der Waals surface area contributed by atoms with Gasteiger partial charge in [-0.2, -0.15) is 0 Å². The number of nitrogens with one attached hydrogen (secondary N) is 1. The summed E-state index contributed by atoms with van der Waals surface area (Å²) in [4.78, 5) is 13.4. The first-order valence-electron chi connectivity index (χ1n) is 11.8. The molecule has 1 amide bonds. The van der Waals surface area contributed by atoms with Crippen molar-refractivity contribution >= 4 is 22.4 Å². The minimum atomic E-state index is -0.384. The van der Waals surface area contributed by atoms with Gasteiger partial charge in [-0.3, -0.25) is 5.32 Å². The maximum Gasteiger partial charge on any atom is 0.412 e. The summed E-state index contributed by atoms with van der Waals surface area (Å²) in [6.45, 7) is 4.76. The lowest BCUT2D eigenvalue weighted by Gasteiger charge is -2.06. The van der Waals surface area contributed by atoms with E-state index in [1.165, 1.54) is 74.6 Å². The fourth-order valence-corrected chi connectivity index (χ4v) is 4.42. The Hall–Kier alpha value is -1.81. The Labute approximate surface area is 187 Å². The minimum Gasteiger partial charge on any atom is -0.444 e. The van der Waals surface area contributed by atoms with Crippen LogP contribution in [-0.4, -0.2) is 6.09 Å². The molecule has 0 radical (unpaired) electrons. The maximum absolute atomic E-state index is 12.1. The van der Waals surface area contributed by atoms with Crippen molar-refractivity contribution in [2.45, 2.75) is 97.5 Å². The van der Waals surface area contributed by atoms with Crippen LogP contribution in [0.5, 0.6) is 0 Å². The number of hydrogen-bond acceptors (Lipinski definition) is 3. The second kappa shape index (κ2) is 15.1. The molecule has 0 aliphatic rings. The number of rotatable bonds is 15. The van der Waals surface area contributed by atoms with Crippen molar-refractivity contribution in [3.63, 3.8) is 0 Å². The Balaban J connectivity index is 1.60. The van der Waals surface area contributed by atoms with Gasteiger partial charge in [0.05, 0.1) is 5.00 Å². The molecule has 4 heteroatoms. The van der Waals surface area contributed by atoms with E-state index in [9.17, 15) is 4.79 Å². The summed E-state index contributed by atoms with van der Waals surface area (Å²) < 4.78 is 5.37. The third-order valence-corrected chi connectivity index (χ3v) is 6.44. The molecule has 0 fully saturated rings. The largest absolute Gasteiger partial charge is 0.444 e. The number of carbonyl (C=O) groups excluding carboxylic acids is 1. The topological polar surface area (TPSA) is 38.3 Å². The lowest BCUT2D eigenvalue weighted by molar-refractivity contribution is 0.155. The van der Waals surface area contributed by atoms with Gasteiger partial charge in [0.2, 0.25) is 0 Å². The van der Waals surface area contributed by atoms with E-state index in [4.69, 9.17) is 4.74 Å². The van der Waals surface area contributed by atoms with Crippen molar-refractivity contribution in [1.29, 1.82) is 0 Å². The number of hydrogen-bond donors (Lipinski definition) is 1. The Kier molecular flexibility index (Phi) is 12.3. The van der Waals surface area contributed by atoms with Gasteiger partial charge in [-0.25, -0.2) is 4.79 Å². The molecule has 0 saturated heterocycles. The first kappa shape index (κ1) is 24.5.